The average Bonchev–Trinajstić information content (AvgIpc) is 2.81. The molecule has 0 aliphatic heterocycles. The summed E-state index contributed by atoms with van der Waals surface area (Å²) in [6, 6.07) is 11.8. The van der Waals surface area contributed by atoms with E-state index >= 15 is 0 Å². The van der Waals surface area contributed by atoms with Crippen LogP contribution in [0.5, 0.6) is 0 Å². The lowest BCUT2D eigenvalue weighted by Gasteiger charge is -2.10. The number of rotatable bonds is 2. The molecule has 19 heavy (non-hydrogen) atoms. The molecule has 1 heterocycles. The van der Waals surface area contributed by atoms with Crippen LogP contribution in [0.25, 0.3) is 11.0 Å². The third-order valence-corrected chi connectivity index (χ3v) is 3.05. The van der Waals surface area contributed by atoms with E-state index in [1.807, 2.05) is 24.3 Å². The van der Waals surface area contributed by atoms with Gasteiger partial charge in [-0.1, -0.05) is 24.3 Å². The van der Waals surface area contributed by atoms with Crippen LogP contribution in [0.1, 0.15) is 17.4 Å². The third kappa shape index (κ3) is 2.11. The molecule has 3 rings (SSSR count). The summed E-state index contributed by atoms with van der Waals surface area (Å²) in [6.07, 6.45) is 0. The quantitative estimate of drug-likeness (QED) is 0.761. The summed E-state index contributed by atoms with van der Waals surface area (Å²) in [7, 11) is 0. The Balaban J connectivity index is 2.05. The van der Waals surface area contributed by atoms with E-state index in [9.17, 15) is 8.78 Å². The van der Waals surface area contributed by atoms with Crippen molar-refractivity contribution in [1.29, 1.82) is 0 Å². The first-order chi connectivity index (χ1) is 9.15. The number of benzene rings is 2. The summed E-state index contributed by atoms with van der Waals surface area (Å²) in [4.78, 5) is 0. The third-order valence-electron chi connectivity index (χ3n) is 3.05. The van der Waals surface area contributed by atoms with Gasteiger partial charge in [0.25, 0.3) is 0 Å². The van der Waals surface area contributed by atoms with Gasteiger partial charge < -0.3 is 10.2 Å². The second kappa shape index (κ2) is 4.48. The van der Waals surface area contributed by atoms with Gasteiger partial charge in [0.05, 0.1) is 6.04 Å². The van der Waals surface area contributed by atoms with Crippen LogP contribution in [0.15, 0.2) is 52.9 Å². The lowest BCUT2D eigenvalue weighted by Crippen LogP contribution is -2.12. The summed E-state index contributed by atoms with van der Waals surface area (Å²) in [5, 5.41) is 0.899. The Morgan fingerprint density at radius 1 is 1.00 bits per heavy atom. The first kappa shape index (κ1) is 11.9. The predicted octanol–water partition coefficient (Wildman–Crippen LogP) is 3.76. The number of fused-ring (bicyclic) bond motifs is 1. The Labute approximate surface area is 108 Å². The average molecular weight is 259 g/mol. The van der Waals surface area contributed by atoms with E-state index in [-0.39, 0.29) is 5.56 Å². The number of halogens is 2. The van der Waals surface area contributed by atoms with Gasteiger partial charge in [0.1, 0.15) is 23.0 Å². The molecule has 0 radical (unpaired) electrons. The van der Waals surface area contributed by atoms with Gasteiger partial charge in [0.15, 0.2) is 0 Å². The molecular weight excluding hydrogens is 248 g/mol. The number of hydrogen-bond acceptors (Lipinski definition) is 2. The van der Waals surface area contributed by atoms with Crippen LogP contribution in [0.3, 0.4) is 0 Å². The largest absolute Gasteiger partial charge is 0.459 e. The molecule has 0 saturated carbocycles. The van der Waals surface area contributed by atoms with Crippen molar-refractivity contribution < 1.29 is 13.2 Å². The van der Waals surface area contributed by atoms with Crippen LogP contribution < -0.4 is 5.73 Å². The van der Waals surface area contributed by atoms with Gasteiger partial charge in [0, 0.05) is 17.0 Å². The summed E-state index contributed by atoms with van der Waals surface area (Å²) in [5.41, 5.74) is 6.87. The van der Waals surface area contributed by atoms with E-state index in [2.05, 4.69) is 0 Å². The van der Waals surface area contributed by atoms with Crippen molar-refractivity contribution in [2.45, 2.75) is 6.04 Å². The highest BCUT2D eigenvalue weighted by atomic mass is 19.1. The maximum atomic E-state index is 13.7. The van der Waals surface area contributed by atoms with Crippen molar-refractivity contribution in [3.63, 3.8) is 0 Å². The van der Waals surface area contributed by atoms with Gasteiger partial charge in [-0.3, -0.25) is 0 Å². The van der Waals surface area contributed by atoms with Crippen molar-refractivity contribution in [3.8, 4) is 0 Å². The number of nitrogens with two attached hydrogens (primary N) is 1. The molecule has 2 N–H and O–H groups in total. The van der Waals surface area contributed by atoms with Crippen LogP contribution >= 0.6 is 0 Å². The summed E-state index contributed by atoms with van der Waals surface area (Å²) in [5.74, 6) is -0.849. The van der Waals surface area contributed by atoms with Crippen LogP contribution in [0, 0.1) is 11.6 Å². The molecule has 96 valence electrons. The zero-order valence-corrected chi connectivity index (χ0v) is 9.94. The van der Waals surface area contributed by atoms with E-state index < -0.39 is 17.7 Å². The minimum atomic E-state index is -0.756. The molecule has 0 saturated heterocycles. The molecule has 3 aromatic rings. The smallest absolute Gasteiger partial charge is 0.134 e. The molecular formula is C15H11F2NO. The minimum Gasteiger partial charge on any atom is -0.459 e. The second-order valence-corrected chi connectivity index (χ2v) is 4.33. The summed E-state index contributed by atoms with van der Waals surface area (Å²) < 4.78 is 32.1. The van der Waals surface area contributed by atoms with E-state index in [4.69, 9.17) is 10.2 Å². The SMILES string of the molecule is NC(c1cc2ccccc2o1)c1ccc(F)cc1F. The topological polar surface area (TPSA) is 39.2 Å². The minimum absolute atomic E-state index is 0.209. The van der Waals surface area contributed by atoms with Crippen molar-refractivity contribution in [2.75, 3.05) is 0 Å². The van der Waals surface area contributed by atoms with E-state index in [1.165, 1.54) is 12.1 Å². The molecule has 1 unspecified atom stereocenters. The molecule has 0 fully saturated rings. The lowest BCUT2D eigenvalue weighted by atomic mass is 10.0. The van der Waals surface area contributed by atoms with Crippen LogP contribution in [-0.4, -0.2) is 0 Å². The zero-order chi connectivity index (χ0) is 13.4. The first-order valence-corrected chi connectivity index (χ1v) is 5.84. The fraction of sp³-hybridized carbons (Fsp3) is 0.0667. The lowest BCUT2D eigenvalue weighted by molar-refractivity contribution is 0.506. The van der Waals surface area contributed by atoms with E-state index in [1.54, 1.807) is 6.07 Å². The monoisotopic (exact) mass is 259 g/mol. The van der Waals surface area contributed by atoms with Crippen molar-refractivity contribution in [2.24, 2.45) is 5.73 Å². The standard InChI is InChI=1S/C15H11F2NO/c16-10-5-6-11(12(17)8-10)15(18)14-7-9-3-1-2-4-13(9)19-14/h1-8,15H,18H2. The number of para-hydroxylation sites is 1. The molecule has 4 heteroatoms. The predicted molar refractivity (Wildman–Crippen MR) is 68.6 cm³/mol. The molecule has 2 aromatic carbocycles. The molecule has 2 nitrogen and oxygen atoms in total. The fourth-order valence-corrected chi connectivity index (χ4v) is 2.06. The number of furan rings is 1. The van der Waals surface area contributed by atoms with Gasteiger partial charge in [-0.2, -0.15) is 0 Å². The second-order valence-electron chi connectivity index (χ2n) is 4.33. The van der Waals surface area contributed by atoms with Gasteiger partial charge in [-0.05, 0) is 18.2 Å². The Hall–Kier alpha value is -2.20. The van der Waals surface area contributed by atoms with Crippen LogP contribution in [0.2, 0.25) is 0 Å². The van der Waals surface area contributed by atoms with Crippen molar-refractivity contribution in [3.05, 3.63) is 71.5 Å². The fourth-order valence-electron chi connectivity index (χ4n) is 2.06. The van der Waals surface area contributed by atoms with Crippen LogP contribution in [-0.2, 0) is 0 Å². The highest BCUT2D eigenvalue weighted by Crippen LogP contribution is 2.28. The molecule has 0 aliphatic carbocycles. The van der Waals surface area contributed by atoms with E-state index in [0.717, 1.165) is 11.5 Å². The highest BCUT2D eigenvalue weighted by molar-refractivity contribution is 5.77. The summed E-state index contributed by atoms with van der Waals surface area (Å²) in [6.45, 7) is 0. The van der Waals surface area contributed by atoms with Crippen molar-refractivity contribution in [1.82, 2.24) is 0 Å². The van der Waals surface area contributed by atoms with Gasteiger partial charge in [-0.25, -0.2) is 8.78 Å². The van der Waals surface area contributed by atoms with Gasteiger partial charge >= 0.3 is 0 Å². The Kier molecular flexibility index (Phi) is 2.80. The molecule has 0 spiro atoms. The van der Waals surface area contributed by atoms with Crippen molar-refractivity contribution >= 4 is 11.0 Å². The normalized spacial score (nSPS) is 12.8. The van der Waals surface area contributed by atoms with Crippen LogP contribution in [0.4, 0.5) is 8.78 Å². The first-order valence-electron chi connectivity index (χ1n) is 5.84. The zero-order valence-electron chi connectivity index (χ0n) is 9.94. The molecule has 0 bridgehead atoms. The Morgan fingerprint density at radius 2 is 1.79 bits per heavy atom. The molecule has 1 aromatic heterocycles. The summed E-state index contributed by atoms with van der Waals surface area (Å²) >= 11 is 0. The van der Waals surface area contributed by atoms with Gasteiger partial charge in [0.2, 0.25) is 0 Å². The van der Waals surface area contributed by atoms with Gasteiger partial charge in [-0.15, -0.1) is 0 Å². The van der Waals surface area contributed by atoms with E-state index in [0.29, 0.717) is 11.3 Å². The highest BCUT2D eigenvalue weighted by Gasteiger charge is 2.18. The maximum absolute atomic E-state index is 13.7. The maximum Gasteiger partial charge on any atom is 0.134 e. The number of hydrogen-bond donors (Lipinski definition) is 1. The Morgan fingerprint density at radius 3 is 2.53 bits per heavy atom. The molecule has 0 aliphatic rings. The molecule has 1 atom stereocenters. The molecule has 0 amide bonds. The Bertz CT molecular complexity index is 703.